The van der Waals surface area contributed by atoms with Crippen molar-refractivity contribution in [1.29, 1.82) is 0 Å². The summed E-state index contributed by atoms with van der Waals surface area (Å²) in [5.41, 5.74) is 2.67. The minimum absolute atomic E-state index is 0.366. The first-order valence-corrected chi connectivity index (χ1v) is 6.24. The molecule has 2 nitrogen and oxygen atoms in total. The molecule has 0 amide bonds. The van der Waals surface area contributed by atoms with Gasteiger partial charge in [-0.1, -0.05) is 30.3 Å². The Kier molecular flexibility index (Phi) is 2.53. The fourth-order valence-electron chi connectivity index (χ4n) is 2.72. The molecule has 0 spiro atoms. The first kappa shape index (κ1) is 11.7. The molecule has 0 saturated heterocycles. The van der Waals surface area contributed by atoms with Crippen LogP contribution in [0.15, 0.2) is 42.5 Å². The molecule has 3 aromatic rings. The number of rotatable bonds is 1. The van der Waals surface area contributed by atoms with Crippen LogP contribution in [-0.2, 0) is 0 Å². The second kappa shape index (κ2) is 4.09. The highest BCUT2D eigenvalue weighted by Gasteiger charge is 2.12. The van der Waals surface area contributed by atoms with Crippen LogP contribution in [0.1, 0.15) is 21.5 Å². The number of carboxylic acids is 1. The molecule has 3 aromatic carbocycles. The van der Waals surface area contributed by atoms with E-state index in [1.165, 1.54) is 10.9 Å². The second-order valence-electron chi connectivity index (χ2n) is 4.88. The van der Waals surface area contributed by atoms with Gasteiger partial charge >= 0.3 is 5.97 Å². The summed E-state index contributed by atoms with van der Waals surface area (Å²) in [6, 6.07) is 13.6. The van der Waals surface area contributed by atoms with E-state index >= 15 is 0 Å². The zero-order valence-electron chi connectivity index (χ0n) is 10.9. The Labute approximate surface area is 111 Å². The molecule has 0 fully saturated rings. The minimum atomic E-state index is -0.877. The van der Waals surface area contributed by atoms with Crippen molar-refractivity contribution in [3.63, 3.8) is 0 Å². The van der Waals surface area contributed by atoms with Gasteiger partial charge in [0.1, 0.15) is 0 Å². The van der Waals surface area contributed by atoms with Gasteiger partial charge in [-0.15, -0.1) is 0 Å². The zero-order valence-corrected chi connectivity index (χ0v) is 10.9. The highest BCUT2D eigenvalue weighted by atomic mass is 16.4. The molecule has 0 aliphatic carbocycles. The first-order chi connectivity index (χ1) is 9.09. The van der Waals surface area contributed by atoms with Crippen molar-refractivity contribution in [3.05, 3.63) is 59.2 Å². The summed E-state index contributed by atoms with van der Waals surface area (Å²) >= 11 is 0. The van der Waals surface area contributed by atoms with Gasteiger partial charge in [0.15, 0.2) is 0 Å². The molecule has 0 aromatic heterocycles. The molecule has 1 N–H and O–H groups in total. The van der Waals surface area contributed by atoms with E-state index in [0.29, 0.717) is 5.56 Å². The molecule has 94 valence electrons. The van der Waals surface area contributed by atoms with E-state index in [-0.39, 0.29) is 0 Å². The fraction of sp³-hybridized carbons (Fsp3) is 0.118. The number of carbonyl (C=O) groups is 1. The van der Waals surface area contributed by atoms with Crippen LogP contribution in [-0.4, -0.2) is 11.1 Å². The molecule has 2 heteroatoms. The van der Waals surface area contributed by atoms with Gasteiger partial charge < -0.3 is 5.11 Å². The van der Waals surface area contributed by atoms with Gasteiger partial charge in [0.2, 0.25) is 0 Å². The molecule has 0 unspecified atom stereocenters. The molecule has 0 heterocycles. The Morgan fingerprint density at radius 2 is 1.53 bits per heavy atom. The standard InChI is InChI=1S/C17H14O2/c1-10-5-3-6-12-11(2)13-7-4-8-14(17(18)19)16(13)9-15(10)12/h3-9H,1-2H3,(H,18,19). The number of benzene rings is 3. The Bertz CT molecular complexity index is 816. The lowest BCUT2D eigenvalue weighted by atomic mass is 9.93. The normalized spacial score (nSPS) is 11.1. The molecule has 0 bridgehead atoms. The van der Waals surface area contributed by atoms with E-state index in [0.717, 1.165) is 21.7 Å². The summed E-state index contributed by atoms with van der Waals surface area (Å²) in [5, 5.41) is 13.5. The lowest BCUT2D eigenvalue weighted by Crippen LogP contribution is -1.98. The van der Waals surface area contributed by atoms with Crippen molar-refractivity contribution in [3.8, 4) is 0 Å². The Balaban J connectivity index is 2.58. The van der Waals surface area contributed by atoms with Crippen molar-refractivity contribution >= 4 is 27.5 Å². The highest BCUT2D eigenvalue weighted by molar-refractivity contribution is 6.10. The average molecular weight is 250 g/mol. The van der Waals surface area contributed by atoms with Gasteiger partial charge in [-0.25, -0.2) is 4.79 Å². The van der Waals surface area contributed by atoms with E-state index in [4.69, 9.17) is 0 Å². The fourth-order valence-corrected chi connectivity index (χ4v) is 2.72. The van der Waals surface area contributed by atoms with Gasteiger partial charge in [0.25, 0.3) is 0 Å². The number of carboxylic acid groups (broad SMARTS) is 1. The number of aryl methyl sites for hydroxylation is 2. The molecule has 0 saturated carbocycles. The lowest BCUT2D eigenvalue weighted by molar-refractivity contribution is 0.0699. The van der Waals surface area contributed by atoms with Crippen LogP contribution in [0.25, 0.3) is 21.5 Å². The Hall–Kier alpha value is -2.35. The SMILES string of the molecule is Cc1cccc2c(C)c3cccc(C(=O)O)c3cc12. The van der Waals surface area contributed by atoms with Gasteiger partial charge in [0.05, 0.1) is 5.56 Å². The summed E-state index contributed by atoms with van der Waals surface area (Å²) in [4.78, 5) is 11.3. The molecule has 19 heavy (non-hydrogen) atoms. The molecule has 0 aliphatic rings. The zero-order chi connectivity index (χ0) is 13.6. The maximum atomic E-state index is 11.3. The monoisotopic (exact) mass is 250 g/mol. The quantitative estimate of drug-likeness (QED) is 0.653. The molecule has 0 aliphatic heterocycles. The maximum Gasteiger partial charge on any atom is 0.336 e. The summed E-state index contributed by atoms with van der Waals surface area (Å²) in [6.45, 7) is 4.10. The van der Waals surface area contributed by atoms with E-state index in [9.17, 15) is 9.90 Å². The topological polar surface area (TPSA) is 37.3 Å². The molecular formula is C17H14O2. The van der Waals surface area contributed by atoms with Gasteiger partial charge in [0, 0.05) is 0 Å². The summed E-state index contributed by atoms with van der Waals surface area (Å²) in [7, 11) is 0. The van der Waals surface area contributed by atoms with E-state index in [1.54, 1.807) is 12.1 Å². The second-order valence-corrected chi connectivity index (χ2v) is 4.88. The van der Waals surface area contributed by atoms with Gasteiger partial charge in [-0.3, -0.25) is 0 Å². The molecule has 3 rings (SSSR count). The van der Waals surface area contributed by atoms with Crippen LogP contribution in [0.5, 0.6) is 0 Å². The van der Waals surface area contributed by atoms with Crippen LogP contribution in [0, 0.1) is 13.8 Å². The average Bonchev–Trinajstić information content (AvgIpc) is 2.39. The van der Waals surface area contributed by atoms with E-state index < -0.39 is 5.97 Å². The van der Waals surface area contributed by atoms with Crippen molar-refractivity contribution < 1.29 is 9.90 Å². The van der Waals surface area contributed by atoms with Crippen molar-refractivity contribution in [1.82, 2.24) is 0 Å². The third-order valence-electron chi connectivity index (χ3n) is 3.76. The predicted molar refractivity (Wildman–Crippen MR) is 77.9 cm³/mol. The van der Waals surface area contributed by atoms with Crippen molar-refractivity contribution in [2.75, 3.05) is 0 Å². The number of hydrogen-bond acceptors (Lipinski definition) is 1. The predicted octanol–water partition coefficient (Wildman–Crippen LogP) is 4.31. The summed E-state index contributed by atoms with van der Waals surface area (Å²) in [5.74, 6) is -0.877. The van der Waals surface area contributed by atoms with E-state index in [1.807, 2.05) is 18.2 Å². The highest BCUT2D eigenvalue weighted by Crippen LogP contribution is 2.31. The summed E-state index contributed by atoms with van der Waals surface area (Å²) < 4.78 is 0. The number of fused-ring (bicyclic) bond motifs is 2. The molecule has 0 atom stereocenters. The van der Waals surface area contributed by atoms with Gasteiger partial charge in [-0.05, 0) is 58.7 Å². The third kappa shape index (κ3) is 1.68. The summed E-state index contributed by atoms with van der Waals surface area (Å²) in [6.07, 6.45) is 0. The van der Waals surface area contributed by atoms with Crippen molar-refractivity contribution in [2.45, 2.75) is 13.8 Å². The Morgan fingerprint density at radius 1 is 0.895 bits per heavy atom. The van der Waals surface area contributed by atoms with Crippen LogP contribution in [0.3, 0.4) is 0 Å². The van der Waals surface area contributed by atoms with Crippen LogP contribution in [0.2, 0.25) is 0 Å². The molecular weight excluding hydrogens is 236 g/mol. The number of aromatic carboxylic acids is 1. The maximum absolute atomic E-state index is 11.3. The Morgan fingerprint density at radius 3 is 2.21 bits per heavy atom. The molecule has 0 radical (unpaired) electrons. The lowest BCUT2D eigenvalue weighted by Gasteiger charge is -2.11. The van der Waals surface area contributed by atoms with E-state index in [2.05, 4.69) is 26.0 Å². The van der Waals surface area contributed by atoms with Crippen LogP contribution >= 0.6 is 0 Å². The van der Waals surface area contributed by atoms with Crippen LogP contribution in [0.4, 0.5) is 0 Å². The first-order valence-electron chi connectivity index (χ1n) is 6.24. The van der Waals surface area contributed by atoms with Crippen molar-refractivity contribution in [2.24, 2.45) is 0 Å². The van der Waals surface area contributed by atoms with Gasteiger partial charge in [-0.2, -0.15) is 0 Å². The number of hydrogen-bond donors (Lipinski definition) is 1. The third-order valence-corrected chi connectivity index (χ3v) is 3.76. The largest absolute Gasteiger partial charge is 0.478 e. The minimum Gasteiger partial charge on any atom is -0.478 e. The van der Waals surface area contributed by atoms with Crippen LogP contribution < -0.4 is 0 Å². The smallest absolute Gasteiger partial charge is 0.336 e.